The molecule has 1 aromatic carbocycles. The van der Waals surface area contributed by atoms with Crippen molar-refractivity contribution in [3.63, 3.8) is 0 Å². The average molecular weight is 456 g/mol. The maximum atomic E-state index is 11.8. The second-order valence-corrected chi connectivity index (χ2v) is 5.47. The number of benzene rings is 1. The van der Waals surface area contributed by atoms with E-state index >= 15 is 0 Å². The van der Waals surface area contributed by atoms with Crippen molar-refractivity contribution in [2.45, 2.75) is 19.4 Å². The first kappa shape index (κ1) is 21.0. The molecule has 1 aromatic heterocycles. The van der Waals surface area contributed by atoms with Crippen LogP contribution in [0.25, 0.3) is 0 Å². The van der Waals surface area contributed by atoms with Gasteiger partial charge in [0, 0.05) is 13.6 Å². The Balaban J connectivity index is 0.00000312. The number of carbonyl (C=O) groups excluding carboxylic acids is 1. The third-order valence-electron chi connectivity index (χ3n) is 3.62. The molecule has 1 amide bonds. The highest BCUT2D eigenvalue weighted by Crippen LogP contribution is 2.12. The lowest BCUT2D eigenvalue weighted by Gasteiger charge is -2.16. The molecule has 0 aliphatic rings. The molecule has 0 saturated heterocycles. The van der Waals surface area contributed by atoms with Gasteiger partial charge in [0.25, 0.3) is 0 Å². The Bertz CT molecular complexity index is 644. The smallest absolute Gasteiger partial charge is 0.239 e. The number of nitrogens with zero attached hydrogens (tertiary/aromatic N) is 1. The van der Waals surface area contributed by atoms with Crippen molar-refractivity contribution < 1.29 is 9.21 Å². The maximum absolute atomic E-state index is 11.8. The zero-order valence-electron chi connectivity index (χ0n) is 14.5. The molecule has 2 rings (SSSR count). The molecule has 25 heavy (non-hydrogen) atoms. The summed E-state index contributed by atoms with van der Waals surface area (Å²) in [5.74, 6) is 1.55. The van der Waals surface area contributed by atoms with Crippen LogP contribution in [0.3, 0.4) is 0 Å². The van der Waals surface area contributed by atoms with Crippen LogP contribution in [0.15, 0.2) is 58.1 Å². The third kappa shape index (κ3) is 7.59. The van der Waals surface area contributed by atoms with Gasteiger partial charge >= 0.3 is 0 Å². The Labute approximate surface area is 165 Å². The van der Waals surface area contributed by atoms with E-state index in [2.05, 4.69) is 40.0 Å². The minimum Gasteiger partial charge on any atom is -0.467 e. The highest BCUT2D eigenvalue weighted by molar-refractivity contribution is 14.0. The summed E-state index contributed by atoms with van der Waals surface area (Å²) < 4.78 is 5.17. The van der Waals surface area contributed by atoms with Crippen molar-refractivity contribution in [2.24, 2.45) is 4.99 Å². The van der Waals surface area contributed by atoms with Crippen molar-refractivity contribution in [1.82, 2.24) is 16.0 Å². The predicted molar refractivity (Wildman–Crippen MR) is 110 cm³/mol. The van der Waals surface area contributed by atoms with E-state index in [0.29, 0.717) is 18.4 Å². The van der Waals surface area contributed by atoms with Crippen LogP contribution < -0.4 is 16.0 Å². The molecule has 3 N–H and O–H groups in total. The van der Waals surface area contributed by atoms with E-state index in [1.165, 1.54) is 5.56 Å². The van der Waals surface area contributed by atoms with Crippen molar-refractivity contribution in [3.8, 4) is 0 Å². The first-order chi connectivity index (χ1) is 11.7. The summed E-state index contributed by atoms with van der Waals surface area (Å²) in [6.07, 6.45) is 1.58. The maximum Gasteiger partial charge on any atom is 0.239 e. The topological polar surface area (TPSA) is 78.7 Å². The van der Waals surface area contributed by atoms with Gasteiger partial charge in [-0.25, -0.2) is 0 Å². The zero-order valence-corrected chi connectivity index (χ0v) is 16.8. The number of hydrogen-bond donors (Lipinski definition) is 3. The molecule has 136 valence electrons. The van der Waals surface area contributed by atoms with E-state index in [4.69, 9.17) is 4.42 Å². The zero-order chi connectivity index (χ0) is 17.2. The lowest BCUT2D eigenvalue weighted by molar-refractivity contribution is -0.120. The van der Waals surface area contributed by atoms with Gasteiger partial charge in [-0.2, -0.15) is 0 Å². The van der Waals surface area contributed by atoms with Crippen LogP contribution in [0, 0.1) is 0 Å². The summed E-state index contributed by atoms with van der Waals surface area (Å²) in [5.41, 5.74) is 1.26. The van der Waals surface area contributed by atoms with Gasteiger partial charge in [0.1, 0.15) is 5.76 Å². The normalized spacial score (nSPS) is 12.0. The van der Waals surface area contributed by atoms with E-state index in [1.54, 1.807) is 19.4 Å². The average Bonchev–Trinajstić information content (AvgIpc) is 3.14. The van der Waals surface area contributed by atoms with Gasteiger partial charge in [-0.1, -0.05) is 37.3 Å². The van der Waals surface area contributed by atoms with Crippen LogP contribution in [0.5, 0.6) is 0 Å². The minimum absolute atomic E-state index is 0. The summed E-state index contributed by atoms with van der Waals surface area (Å²) in [4.78, 5) is 16.0. The summed E-state index contributed by atoms with van der Waals surface area (Å²) in [7, 11) is 1.68. The number of hydrogen-bond acceptors (Lipinski definition) is 3. The van der Waals surface area contributed by atoms with Crippen molar-refractivity contribution in [2.75, 3.05) is 20.1 Å². The molecule has 0 aliphatic carbocycles. The van der Waals surface area contributed by atoms with Gasteiger partial charge < -0.3 is 20.4 Å². The second kappa shape index (κ2) is 11.5. The number of nitrogens with one attached hydrogen (secondary N) is 3. The van der Waals surface area contributed by atoms with Gasteiger partial charge in [-0.15, -0.1) is 24.0 Å². The monoisotopic (exact) mass is 456 g/mol. The number of halogens is 1. The number of guanidine groups is 1. The summed E-state index contributed by atoms with van der Waals surface area (Å²) in [5, 5.41) is 9.01. The first-order valence-electron chi connectivity index (χ1n) is 7.97. The van der Waals surface area contributed by atoms with Crippen LogP contribution in [-0.4, -0.2) is 32.0 Å². The molecule has 7 heteroatoms. The minimum atomic E-state index is -0.120. The van der Waals surface area contributed by atoms with Gasteiger partial charge in [0.15, 0.2) is 5.96 Å². The number of amides is 1. The highest BCUT2D eigenvalue weighted by atomic mass is 127. The molecule has 0 radical (unpaired) electrons. The fourth-order valence-electron chi connectivity index (χ4n) is 2.20. The van der Waals surface area contributed by atoms with Crippen molar-refractivity contribution in [3.05, 3.63) is 60.1 Å². The molecular formula is C18H25IN4O2. The van der Waals surface area contributed by atoms with Gasteiger partial charge in [0.2, 0.25) is 5.91 Å². The van der Waals surface area contributed by atoms with Gasteiger partial charge in [0.05, 0.1) is 19.4 Å². The Morgan fingerprint density at radius 1 is 1.12 bits per heavy atom. The molecule has 0 saturated carbocycles. The predicted octanol–water partition coefficient (Wildman–Crippen LogP) is 2.48. The van der Waals surface area contributed by atoms with Crippen LogP contribution in [0.1, 0.15) is 24.2 Å². The number of carbonyl (C=O) groups is 1. The van der Waals surface area contributed by atoms with Gasteiger partial charge in [-0.3, -0.25) is 9.79 Å². The van der Waals surface area contributed by atoms with E-state index in [1.807, 2.05) is 24.3 Å². The number of furan rings is 1. The SMILES string of the molecule is CN=C(NCC(=O)NCc1ccco1)NCC(C)c1ccccc1.I. The molecule has 1 unspecified atom stereocenters. The molecule has 1 heterocycles. The number of aliphatic imine (C=N–C) groups is 1. The summed E-state index contributed by atoms with van der Waals surface area (Å²) in [6, 6.07) is 13.9. The Hall–Kier alpha value is -2.03. The Morgan fingerprint density at radius 3 is 2.52 bits per heavy atom. The van der Waals surface area contributed by atoms with E-state index in [0.717, 1.165) is 12.3 Å². The molecule has 0 fully saturated rings. The fourth-order valence-corrected chi connectivity index (χ4v) is 2.20. The Morgan fingerprint density at radius 2 is 1.88 bits per heavy atom. The second-order valence-electron chi connectivity index (χ2n) is 5.47. The van der Waals surface area contributed by atoms with Crippen molar-refractivity contribution in [1.29, 1.82) is 0 Å². The largest absolute Gasteiger partial charge is 0.467 e. The molecular weight excluding hydrogens is 431 g/mol. The first-order valence-corrected chi connectivity index (χ1v) is 7.97. The number of rotatable bonds is 7. The van der Waals surface area contributed by atoms with Crippen LogP contribution in [0.4, 0.5) is 0 Å². The van der Waals surface area contributed by atoms with Crippen LogP contribution in [-0.2, 0) is 11.3 Å². The van der Waals surface area contributed by atoms with E-state index in [-0.39, 0.29) is 36.4 Å². The molecule has 1 atom stereocenters. The lowest BCUT2D eigenvalue weighted by atomic mass is 10.0. The summed E-state index contributed by atoms with van der Waals surface area (Å²) >= 11 is 0. The lowest BCUT2D eigenvalue weighted by Crippen LogP contribution is -2.43. The summed E-state index contributed by atoms with van der Waals surface area (Å²) in [6.45, 7) is 3.41. The molecule has 0 spiro atoms. The molecule has 2 aromatic rings. The van der Waals surface area contributed by atoms with E-state index < -0.39 is 0 Å². The van der Waals surface area contributed by atoms with Gasteiger partial charge in [-0.05, 0) is 23.6 Å². The van der Waals surface area contributed by atoms with E-state index in [9.17, 15) is 4.79 Å². The standard InChI is InChI=1S/C18H24N4O2.HI/c1-14(15-7-4-3-5-8-15)11-21-18(19-2)22-13-17(23)20-12-16-9-6-10-24-16;/h3-10,14H,11-13H2,1-2H3,(H,20,23)(H2,19,21,22);1H. The third-order valence-corrected chi connectivity index (χ3v) is 3.62. The van der Waals surface area contributed by atoms with Crippen LogP contribution >= 0.6 is 24.0 Å². The van der Waals surface area contributed by atoms with Crippen molar-refractivity contribution >= 4 is 35.8 Å². The fraction of sp³-hybridized carbons (Fsp3) is 0.333. The Kier molecular flexibility index (Phi) is 9.68. The highest BCUT2D eigenvalue weighted by Gasteiger charge is 2.08. The molecule has 0 bridgehead atoms. The van der Waals surface area contributed by atoms with Crippen LogP contribution in [0.2, 0.25) is 0 Å². The molecule has 6 nitrogen and oxygen atoms in total. The molecule has 0 aliphatic heterocycles. The quantitative estimate of drug-likeness (QED) is 0.340.